The molecule has 16 heavy (non-hydrogen) atoms. The Morgan fingerprint density at radius 1 is 1.31 bits per heavy atom. The number of methoxy groups -OCH3 is 1. The van der Waals surface area contributed by atoms with Crippen LogP contribution in [0.5, 0.6) is 5.75 Å². The van der Waals surface area contributed by atoms with Crippen molar-refractivity contribution in [1.29, 1.82) is 0 Å². The standard InChI is InChI=1S/C11H11F3O2/c1-6-4-5-8(16-3)10(11(12,13)14)9(6)7(2)15/h4-5H,1-3H3. The summed E-state index contributed by atoms with van der Waals surface area (Å²) >= 11 is 0. The predicted octanol–water partition coefficient (Wildman–Crippen LogP) is 3.23. The van der Waals surface area contributed by atoms with E-state index in [1.54, 1.807) is 0 Å². The summed E-state index contributed by atoms with van der Waals surface area (Å²) in [5, 5.41) is 0. The number of halogens is 3. The van der Waals surface area contributed by atoms with Gasteiger partial charge in [0.15, 0.2) is 5.78 Å². The molecule has 0 amide bonds. The third-order valence-corrected chi connectivity index (χ3v) is 2.23. The van der Waals surface area contributed by atoms with Crippen LogP contribution < -0.4 is 4.74 Å². The number of carbonyl (C=O) groups is 1. The van der Waals surface area contributed by atoms with Crippen LogP contribution in [0.1, 0.15) is 28.4 Å². The van der Waals surface area contributed by atoms with Gasteiger partial charge in [0, 0.05) is 5.56 Å². The van der Waals surface area contributed by atoms with Crippen LogP contribution in [0.3, 0.4) is 0 Å². The van der Waals surface area contributed by atoms with E-state index in [2.05, 4.69) is 4.74 Å². The van der Waals surface area contributed by atoms with E-state index in [0.717, 1.165) is 14.0 Å². The molecule has 0 heterocycles. The van der Waals surface area contributed by atoms with E-state index in [0.29, 0.717) is 5.56 Å². The summed E-state index contributed by atoms with van der Waals surface area (Å²) in [6.07, 6.45) is -4.60. The van der Waals surface area contributed by atoms with Gasteiger partial charge in [-0.05, 0) is 25.5 Å². The largest absolute Gasteiger partial charge is 0.496 e. The van der Waals surface area contributed by atoms with Gasteiger partial charge in [0.1, 0.15) is 11.3 Å². The Morgan fingerprint density at radius 3 is 2.25 bits per heavy atom. The Kier molecular flexibility index (Phi) is 3.26. The predicted molar refractivity (Wildman–Crippen MR) is 52.7 cm³/mol. The van der Waals surface area contributed by atoms with Crippen LogP contribution in [0.25, 0.3) is 0 Å². The van der Waals surface area contributed by atoms with Crippen LogP contribution >= 0.6 is 0 Å². The summed E-state index contributed by atoms with van der Waals surface area (Å²) in [4.78, 5) is 11.2. The maximum absolute atomic E-state index is 12.8. The second-order valence-corrected chi connectivity index (χ2v) is 3.39. The summed E-state index contributed by atoms with van der Waals surface area (Å²) in [7, 11) is 1.14. The van der Waals surface area contributed by atoms with Gasteiger partial charge >= 0.3 is 6.18 Å². The fourth-order valence-corrected chi connectivity index (χ4v) is 1.59. The minimum Gasteiger partial charge on any atom is -0.496 e. The van der Waals surface area contributed by atoms with Crippen molar-refractivity contribution in [3.63, 3.8) is 0 Å². The average Bonchev–Trinajstić information content (AvgIpc) is 2.15. The molecule has 0 aliphatic carbocycles. The van der Waals surface area contributed by atoms with Gasteiger partial charge in [-0.2, -0.15) is 13.2 Å². The van der Waals surface area contributed by atoms with Gasteiger partial charge in [-0.25, -0.2) is 0 Å². The zero-order valence-electron chi connectivity index (χ0n) is 9.11. The second-order valence-electron chi connectivity index (χ2n) is 3.39. The summed E-state index contributed by atoms with van der Waals surface area (Å²) < 4.78 is 43.1. The van der Waals surface area contributed by atoms with E-state index in [1.165, 1.54) is 19.1 Å². The van der Waals surface area contributed by atoms with E-state index in [4.69, 9.17) is 0 Å². The minimum atomic E-state index is -4.60. The summed E-state index contributed by atoms with van der Waals surface area (Å²) in [6.45, 7) is 2.57. The first kappa shape index (κ1) is 12.5. The van der Waals surface area contributed by atoms with Gasteiger partial charge in [-0.3, -0.25) is 4.79 Å². The first-order chi connectivity index (χ1) is 7.29. The Morgan fingerprint density at radius 2 is 1.88 bits per heavy atom. The van der Waals surface area contributed by atoms with Crippen molar-refractivity contribution in [2.75, 3.05) is 7.11 Å². The highest BCUT2D eigenvalue weighted by molar-refractivity contribution is 5.98. The second kappa shape index (κ2) is 4.15. The monoisotopic (exact) mass is 232 g/mol. The third kappa shape index (κ3) is 2.18. The van der Waals surface area contributed by atoms with Crippen LogP contribution in [0.2, 0.25) is 0 Å². The lowest BCUT2D eigenvalue weighted by Gasteiger charge is -2.16. The molecule has 1 aromatic carbocycles. The quantitative estimate of drug-likeness (QED) is 0.732. The molecule has 0 fully saturated rings. The van der Waals surface area contributed by atoms with Crippen molar-refractivity contribution >= 4 is 5.78 Å². The molecule has 0 aliphatic heterocycles. The summed E-state index contributed by atoms with van der Waals surface area (Å²) in [5.74, 6) is -0.952. The molecule has 0 spiro atoms. The fourth-order valence-electron chi connectivity index (χ4n) is 1.59. The smallest absolute Gasteiger partial charge is 0.420 e. The van der Waals surface area contributed by atoms with Crippen molar-refractivity contribution in [3.8, 4) is 5.75 Å². The number of carbonyl (C=O) groups excluding carboxylic acids is 1. The molecule has 0 atom stereocenters. The molecule has 1 aromatic rings. The van der Waals surface area contributed by atoms with E-state index in [1.807, 2.05) is 0 Å². The van der Waals surface area contributed by atoms with Crippen molar-refractivity contribution in [2.45, 2.75) is 20.0 Å². The molecule has 0 unspecified atom stereocenters. The normalized spacial score (nSPS) is 11.4. The SMILES string of the molecule is COc1ccc(C)c(C(C)=O)c1C(F)(F)F. The number of ketones is 1. The van der Waals surface area contributed by atoms with Crippen LogP contribution in [0.15, 0.2) is 12.1 Å². The number of benzene rings is 1. The average molecular weight is 232 g/mol. The zero-order chi connectivity index (χ0) is 12.5. The zero-order valence-corrected chi connectivity index (χ0v) is 9.11. The van der Waals surface area contributed by atoms with Gasteiger partial charge in [0.25, 0.3) is 0 Å². The van der Waals surface area contributed by atoms with Crippen molar-refractivity contribution in [3.05, 3.63) is 28.8 Å². The highest BCUT2D eigenvalue weighted by Crippen LogP contribution is 2.40. The molecule has 5 heteroatoms. The molecule has 0 radical (unpaired) electrons. The van der Waals surface area contributed by atoms with Gasteiger partial charge in [-0.15, -0.1) is 0 Å². The Labute approximate surface area is 91.0 Å². The molecule has 0 saturated carbocycles. The molecule has 2 nitrogen and oxygen atoms in total. The minimum absolute atomic E-state index is 0.292. The fraction of sp³-hybridized carbons (Fsp3) is 0.364. The van der Waals surface area contributed by atoms with Gasteiger partial charge in [0.2, 0.25) is 0 Å². The number of rotatable bonds is 2. The van der Waals surface area contributed by atoms with E-state index in [9.17, 15) is 18.0 Å². The lowest BCUT2D eigenvalue weighted by Crippen LogP contribution is -2.15. The number of alkyl halides is 3. The van der Waals surface area contributed by atoms with E-state index < -0.39 is 17.5 Å². The van der Waals surface area contributed by atoms with Crippen LogP contribution in [-0.4, -0.2) is 12.9 Å². The lowest BCUT2D eigenvalue weighted by atomic mass is 9.97. The third-order valence-electron chi connectivity index (χ3n) is 2.23. The molecule has 0 aromatic heterocycles. The summed E-state index contributed by atoms with van der Waals surface area (Å²) in [5.41, 5.74) is -1.03. The molecule has 0 saturated heterocycles. The van der Waals surface area contributed by atoms with Crippen LogP contribution in [-0.2, 0) is 6.18 Å². The Balaban J connectivity index is 3.62. The molecule has 0 bridgehead atoms. The van der Waals surface area contributed by atoms with Crippen molar-refractivity contribution in [2.24, 2.45) is 0 Å². The Hall–Kier alpha value is -1.52. The Bertz CT molecular complexity index is 422. The number of ether oxygens (including phenoxy) is 1. The number of aryl methyl sites for hydroxylation is 1. The molecule has 1 rings (SSSR count). The van der Waals surface area contributed by atoms with Gasteiger partial charge in [0.05, 0.1) is 7.11 Å². The number of hydrogen-bond acceptors (Lipinski definition) is 2. The highest BCUT2D eigenvalue weighted by Gasteiger charge is 2.38. The maximum Gasteiger partial charge on any atom is 0.420 e. The number of hydrogen-bond donors (Lipinski definition) is 0. The van der Waals surface area contributed by atoms with Gasteiger partial charge < -0.3 is 4.74 Å². The first-order valence-corrected chi connectivity index (χ1v) is 4.54. The van der Waals surface area contributed by atoms with Crippen LogP contribution in [0.4, 0.5) is 13.2 Å². The van der Waals surface area contributed by atoms with Crippen LogP contribution in [0, 0.1) is 6.92 Å². The molecule has 88 valence electrons. The van der Waals surface area contributed by atoms with Crippen molar-refractivity contribution < 1.29 is 22.7 Å². The van der Waals surface area contributed by atoms with E-state index >= 15 is 0 Å². The highest BCUT2D eigenvalue weighted by atomic mass is 19.4. The van der Waals surface area contributed by atoms with Crippen molar-refractivity contribution in [1.82, 2.24) is 0 Å². The molecular formula is C11H11F3O2. The lowest BCUT2D eigenvalue weighted by molar-refractivity contribution is -0.139. The number of Topliss-reactive ketones (excluding diaryl/α,β-unsaturated/α-hetero) is 1. The first-order valence-electron chi connectivity index (χ1n) is 4.54. The van der Waals surface area contributed by atoms with E-state index in [-0.39, 0.29) is 11.3 Å². The molecule has 0 aliphatic rings. The molecular weight excluding hydrogens is 221 g/mol. The topological polar surface area (TPSA) is 26.3 Å². The summed E-state index contributed by atoms with van der Waals surface area (Å²) in [6, 6.07) is 2.65. The maximum atomic E-state index is 12.8. The van der Waals surface area contributed by atoms with Gasteiger partial charge in [-0.1, -0.05) is 6.07 Å². The molecule has 0 N–H and O–H groups in total.